The summed E-state index contributed by atoms with van der Waals surface area (Å²) < 4.78 is 0. The van der Waals surface area contributed by atoms with Crippen molar-refractivity contribution >= 4 is 17.7 Å². The Hall–Kier alpha value is -2.63. The average Bonchev–Trinajstić information content (AvgIpc) is 2.71. The molecule has 1 aromatic rings. The second-order valence-corrected chi connectivity index (χ2v) is 4.86. The summed E-state index contributed by atoms with van der Waals surface area (Å²) in [6.45, 7) is 2.58. The van der Waals surface area contributed by atoms with Gasteiger partial charge >= 0.3 is 5.97 Å². The molecular formula is C15H15NO5. The molecule has 0 radical (unpaired) electrons. The molecule has 6 nitrogen and oxygen atoms in total. The zero-order valence-electron chi connectivity index (χ0n) is 11.6. The molecule has 0 bridgehead atoms. The summed E-state index contributed by atoms with van der Waals surface area (Å²) in [7, 11) is 0. The fraction of sp³-hybridized carbons (Fsp3) is 0.267. The van der Waals surface area contributed by atoms with E-state index in [2.05, 4.69) is 0 Å². The number of amides is 1. The summed E-state index contributed by atoms with van der Waals surface area (Å²) in [5, 5.41) is 19.1. The molecule has 2 rings (SSSR count). The fourth-order valence-corrected chi connectivity index (χ4v) is 2.46. The van der Waals surface area contributed by atoms with Crippen molar-refractivity contribution < 1.29 is 24.6 Å². The maximum absolute atomic E-state index is 12.2. The lowest BCUT2D eigenvalue weighted by atomic mass is 9.96. The summed E-state index contributed by atoms with van der Waals surface area (Å²) in [5.74, 6) is -3.19. The molecule has 1 aliphatic rings. The molecule has 21 heavy (non-hydrogen) atoms. The van der Waals surface area contributed by atoms with Crippen LogP contribution in [0.2, 0.25) is 0 Å². The van der Waals surface area contributed by atoms with Crippen LogP contribution in [0.25, 0.3) is 0 Å². The number of hydrogen-bond acceptors (Lipinski definition) is 4. The molecule has 0 fully saturated rings. The van der Waals surface area contributed by atoms with Gasteiger partial charge < -0.3 is 15.1 Å². The molecule has 1 amide bonds. The van der Waals surface area contributed by atoms with Gasteiger partial charge in [-0.1, -0.05) is 30.3 Å². The highest BCUT2D eigenvalue weighted by Gasteiger charge is 2.46. The molecule has 1 aliphatic heterocycles. The quantitative estimate of drug-likeness (QED) is 0.874. The number of carbonyl (C=O) groups excluding carboxylic acids is 2. The van der Waals surface area contributed by atoms with Crippen LogP contribution in [0.15, 0.2) is 41.7 Å². The third kappa shape index (κ3) is 2.40. The zero-order chi connectivity index (χ0) is 15.7. The van der Waals surface area contributed by atoms with Gasteiger partial charge in [0.25, 0.3) is 5.91 Å². The number of aliphatic carboxylic acids is 1. The van der Waals surface area contributed by atoms with Crippen molar-refractivity contribution in [3.05, 3.63) is 47.2 Å². The molecule has 0 aromatic heterocycles. The highest BCUT2D eigenvalue weighted by Crippen LogP contribution is 2.38. The number of Topliss-reactive ketones (excluding diaryl/α,β-unsaturated/α-hetero) is 1. The lowest BCUT2D eigenvalue weighted by molar-refractivity contribution is -0.149. The lowest BCUT2D eigenvalue weighted by Crippen LogP contribution is -2.43. The largest absolute Gasteiger partial charge is 0.503 e. The predicted molar refractivity (Wildman–Crippen MR) is 73.5 cm³/mol. The van der Waals surface area contributed by atoms with Crippen molar-refractivity contribution in [1.29, 1.82) is 0 Å². The van der Waals surface area contributed by atoms with Crippen molar-refractivity contribution in [3.8, 4) is 0 Å². The monoisotopic (exact) mass is 289 g/mol. The smallest absolute Gasteiger partial charge is 0.326 e. The number of carboxylic acids is 1. The van der Waals surface area contributed by atoms with E-state index in [-0.39, 0.29) is 5.57 Å². The molecule has 1 heterocycles. The van der Waals surface area contributed by atoms with E-state index in [1.54, 1.807) is 30.3 Å². The standard InChI is InChI=1S/C15H15NO5/c1-8(15(20)21)16-12(10-6-4-3-5-7-10)11(9(2)17)13(18)14(16)19/h3-8,12,18H,1-2H3,(H,20,21). The molecule has 0 saturated carbocycles. The Morgan fingerprint density at radius 3 is 2.29 bits per heavy atom. The number of carbonyl (C=O) groups is 3. The second-order valence-electron chi connectivity index (χ2n) is 4.86. The Labute approximate surface area is 121 Å². The molecule has 2 unspecified atom stereocenters. The number of benzene rings is 1. The lowest BCUT2D eigenvalue weighted by Gasteiger charge is -2.29. The first-order valence-corrected chi connectivity index (χ1v) is 6.40. The first-order valence-electron chi connectivity index (χ1n) is 6.40. The van der Waals surface area contributed by atoms with Gasteiger partial charge in [-0.15, -0.1) is 0 Å². The maximum Gasteiger partial charge on any atom is 0.326 e. The van der Waals surface area contributed by atoms with Crippen molar-refractivity contribution in [2.45, 2.75) is 25.9 Å². The van der Waals surface area contributed by atoms with Gasteiger partial charge in [-0.3, -0.25) is 9.59 Å². The molecule has 2 N–H and O–H groups in total. The van der Waals surface area contributed by atoms with E-state index < -0.39 is 35.5 Å². The molecule has 0 spiro atoms. The van der Waals surface area contributed by atoms with E-state index in [0.717, 1.165) is 4.90 Å². The Balaban J connectivity index is 2.59. The van der Waals surface area contributed by atoms with Crippen LogP contribution in [0.3, 0.4) is 0 Å². The van der Waals surface area contributed by atoms with E-state index in [9.17, 15) is 19.5 Å². The minimum atomic E-state index is -1.21. The number of hydrogen-bond donors (Lipinski definition) is 2. The topological polar surface area (TPSA) is 94.9 Å². The van der Waals surface area contributed by atoms with E-state index >= 15 is 0 Å². The van der Waals surface area contributed by atoms with Gasteiger partial charge in [0.05, 0.1) is 11.6 Å². The van der Waals surface area contributed by atoms with Crippen molar-refractivity contribution in [3.63, 3.8) is 0 Å². The van der Waals surface area contributed by atoms with Crippen LogP contribution in [-0.4, -0.2) is 38.8 Å². The van der Waals surface area contributed by atoms with Gasteiger partial charge in [0.2, 0.25) is 0 Å². The van der Waals surface area contributed by atoms with Crippen molar-refractivity contribution in [1.82, 2.24) is 4.90 Å². The number of aliphatic hydroxyl groups is 1. The first kappa shape index (κ1) is 14.8. The number of aliphatic hydroxyl groups excluding tert-OH is 1. The molecule has 1 aromatic carbocycles. The van der Waals surface area contributed by atoms with Gasteiger partial charge in [0, 0.05) is 0 Å². The minimum absolute atomic E-state index is 0.0701. The number of rotatable bonds is 4. The van der Waals surface area contributed by atoms with Gasteiger partial charge in [0.15, 0.2) is 11.5 Å². The van der Waals surface area contributed by atoms with E-state index in [0.29, 0.717) is 5.56 Å². The van der Waals surface area contributed by atoms with Crippen LogP contribution in [0.4, 0.5) is 0 Å². The van der Waals surface area contributed by atoms with Gasteiger partial charge in [-0.05, 0) is 19.4 Å². The van der Waals surface area contributed by atoms with Crippen molar-refractivity contribution in [2.24, 2.45) is 0 Å². The number of nitrogens with zero attached hydrogens (tertiary/aromatic N) is 1. The SMILES string of the molecule is CC(=O)C1=C(O)C(=O)N(C(C)C(=O)O)C1c1ccccc1. The van der Waals surface area contributed by atoms with E-state index in [4.69, 9.17) is 5.11 Å². The molecule has 6 heteroatoms. The van der Waals surface area contributed by atoms with Crippen LogP contribution in [0.5, 0.6) is 0 Å². The summed E-state index contributed by atoms with van der Waals surface area (Å²) in [5.41, 5.74) is 0.507. The maximum atomic E-state index is 12.2. The highest BCUT2D eigenvalue weighted by atomic mass is 16.4. The van der Waals surface area contributed by atoms with Crippen LogP contribution in [0.1, 0.15) is 25.5 Å². The number of ketones is 1. The van der Waals surface area contributed by atoms with Crippen LogP contribution in [0, 0.1) is 0 Å². The second kappa shape index (κ2) is 5.40. The van der Waals surface area contributed by atoms with Gasteiger partial charge in [-0.25, -0.2) is 4.79 Å². The predicted octanol–water partition coefficient (Wildman–Crippen LogP) is 1.44. The summed E-state index contributed by atoms with van der Waals surface area (Å²) in [4.78, 5) is 36.2. The fourth-order valence-electron chi connectivity index (χ4n) is 2.46. The van der Waals surface area contributed by atoms with Crippen LogP contribution >= 0.6 is 0 Å². The van der Waals surface area contributed by atoms with Gasteiger partial charge in [-0.2, -0.15) is 0 Å². The van der Waals surface area contributed by atoms with Crippen LogP contribution in [-0.2, 0) is 14.4 Å². The molecule has 2 atom stereocenters. The summed E-state index contributed by atoms with van der Waals surface area (Å²) in [6.07, 6.45) is 0. The van der Waals surface area contributed by atoms with Crippen LogP contribution < -0.4 is 0 Å². The zero-order valence-corrected chi connectivity index (χ0v) is 11.6. The Morgan fingerprint density at radius 2 is 1.81 bits per heavy atom. The number of carboxylic acid groups (broad SMARTS) is 1. The molecule has 110 valence electrons. The Kier molecular flexibility index (Phi) is 3.80. The highest BCUT2D eigenvalue weighted by molar-refractivity contribution is 6.09. The summed E-state index contributed by atoms with van der Waals surface area (Å²) in [6, 6.07) is 6.52. The minimum Gasteiger partial charge on any atom is -0.503 e. The van der Waals surface area contributed by atoms with E-state index in [1.807, 2.05) is 0 Å². The third-order valence-corrected chi connectivity index (χ3v) is 3.51. The average molecular weight is 289 g/mol. The molecular weight excluding hydrogens is 274 g/mol. The summed E-state index contributed by atoms with van der Waals surface area (Å²) >= 11 is 0. The normalized spacial score (nSPS) is 19.8. The molecule has 0 saturated heterocycles. The van der Waals surface area contributed by atoms with Crippen molar-refractivity contribution in [2.75, 3.05) is 0 Å². The Bertz CT molecular complexity index is 635. The van der Waals surface area contributed by atoms with Gasteiger partial charge in [0.1, 0.15) is 6.04 Å². The molecule has 0 aliphatic carbocycles. The van der Waals surface area contributed by atoms with E-state index in [1.165, 1.54) is 13.8 Å². The third-order valence-electron chi connectivity index (χ3n) is 3.51. The Morgan fingerprint density at radius 1 is 1.24 bits per heavy atom. The first-order chi connectivity index (χ1) is 9.86.